The van der Waals surface area contributed by atoms with Gasteiger partial charge < -0.3 is 4.57 Å². The predicted octanol–water partition coefficient (Wildman–Crippen LogP) is 4.87. The van der Waals surface area contributed by atoms with Crippen molar-refractivity contribution in [2.24, 2.45) is 0 Å². The Morgan fingerprint density at radius 3 is 2.40 bits per heavy atom. The fourth-order valence-corrected chi connectivity index (χ4v) is 3.55. The van der Waals surface area contributed by atoms with Gasteiger partial charge in [-0.2, -0.15) is 0 Å². The Bertz CT molecular complexity index is 1210. The van der Waals surface area contributed by atoms with Gasteiger partial charge in [-0.1, -0.05) is 33.6 Å². The van der Waals surface area contributed by atoms with E-state index in [1.165, 1.54) is 6.08 Å². The molecule has 6 nitrogen and oxygen atoms in total. The zero-order valence-electron chi connectivity index (χ0n) is 15.7. The van der Waals surface area contributed by atoms with Crippen LogP contribution in [0.1, 0.15) is 11.3 Å². The molecule has 1 aliphatic heterocycles. The van der Waals surface area contributed by atoms with Crippen LogP contribution in [0.25, 0.3) is 11.8 Å². The van der Waals surface area contributed by atoms with Gasteiger partial charge in [0.2, 0.25) is 0 Å². The molecule has 0 saturated carbocycles. The minimum Gasteiger partial charge on any atom is -0.317 e. The van der Waals surface area contributed by atoms with E-state index >= 15 is 0 Å². The summed E-state index contributed by atoms with van der Waals surface area (Å²) in [4.78, 5) is 38.7. The number of imide groups is 2. The molecule has 2 heterocycles. The summed E-state index contributed by atoms with van der Waals surface area (Å²) >= 11 is 9.56. The third-order valence-corrected chi connectivity index (χ3v) is 5.63. The summed E-state index contributed by atoms with van der Waals surface area (Å²) < 4.78 is 2.61. The molecule has 4 amide bonds. The van der Waals surface area contributed by atoms with Gasteiger partial charge in [0.15, 0.2) is 0 Å². The molecule has 4 rings (SSSR count). The summed E-state index contributed by atoms with van der Waals surface area (Å²) in [6.45, 7) is 1.91. The molecule has 0 unspecified atom stereocenters. The number of benzene rings is 2. The predicted molar refractivity (Wildman–Crippen MR) is 119 cm³/mol. The molecule has 30 heavy (non-hydrogen) atoms. The molecule has 8 heteroatoms. The highest BCUT2D eigenvalue weighted by molar-refractivity contribution is 9.10. The Labute approximate surface area is 185 Å². The molecule has 1 fully saturated rings. The van der Waals surface area contributed by atoms with E-state index in [0.29, 0.717) is 16.4 Å². The lowest BCUT2D eigenvalue weighted by molar-refractivity contribution is -0.122. The van der Waals surface area contributed by atoms with E-state index in [4.69, 9.17) is 11.6 Å². The fourth-order valence-electron chi connectivity index (χ4n) is 3.11. The lowest BCUT2D eigenvalue weighted by Crippen LogP contribution is -2.54. The number of anilines is 1. The molecule has 1 N–H and O–H groups in total. The van der Waals surface area contributed by atoms with E-state index in [-0.39, 0.29) is 5.57 Å². The van der Waals surface area contributed by atoms with Crippen molar-refractivity contribution < 1.29 is 14.4 Å². The standard InChI is InChI=1S/C22H15BrClN3O3/c1-13-4-7-17(12-19(13)24)26-10-2-3-16(26)11-18-20(28)25-22(30)27(21(18)29)15-8-5-14(23)6-9-15/h2-12H,1H3,(H,25,28,30)/b18-11+. The average molecular weight is 485 g/mol. The largest absolute Gasteiger partial charge is 0.335 e. The number of barbiturate groups is 1. The molecule has 0 radical (unpaired) electrons. The molecule has 1 aromatic heterocycles. The first-order valence-corrected chi connectivity index (χ1v) is 10.1. The van der Waals surface area contributed by atoms with Crippen molar-refractivity contribution in [3.63, 3.8) is 0 Å². The van der Waals surface area contributed by atoms with Crippen molar-refractivity contribution in [1.29, 1.82) is 0 Å². The van der Waals surface area contributed by atoms with Crippen molar-refractivity contribution in [1.82, 2.24) is 9.88 Å². The van der Waals surface area contributed by atoms with E-state index < -0.39 is 17.8 Å². The second-order valence-electron chi connectivity index (χ2n) is 6.67. The van der Waals surface area contributed by atoms with Gasteiger partial charge in [0, 0.05) is 27.1 Å². The van der Waals surface area contributed by atoms with Crippen LogP contribution in [0.5, 0.6) is 0 Å². The van der Waals surface area contributed by atoms with Gasteiger partial charge in [-0.15, -0.1) is 0 Å². The van der Waals surface area contributed by atoms with E-state index in [1.807, 2.05) is 19.1 Å². The van der Waals surface area contributed by atoms with Gasteiger partial charge in [0.1, 0.15) is 5.57 Å². The molecule has 0 aliphatic carbocycles. The fraction of sp³-hybridized carbons (Fsp3) is 0.0455. The summed E-state index contributed by atoms with van der Waals surface area (Å²) in [6, 6.07) is 15.0. The molecule has 2 aromatic carbocycles. The first-order valence-electron chi connectivity index (χ1n) is 8.96. The highest BCUT2D eigenvalue weighted by Gasteiger charge is 2.37. The SMILES string of the molecule is Cc1ccc(-n2cccc2/C=C2\C(=O)NC(=O)N(c3ccc(Br)cc3)C2=O)cc1Cl. The first-order chi connectivity index (χ1) is 14.3. The Balaban J connectivity index is 1.74. The highest BCUT2D eigenvalue weighted by atomic mass is 79.9. The topological polar surface area (TPSA) is 71.4 Å². The van der Waals surface area contributed by atoms with Crippen LogP contribution in [0.4, 0.5) is 10.5 Å². The number of hydrogen-bond donors (Lipinski definition) is 1. The average Bonchev–Trinajstić information content (AvgIpc) is 3.17. The lowest BCUT2D eigenvalue weighted by atomic mass is 10.1. The molecule has 0 bridgehead atoms. The Morgan fingerprint density at radius 2 is 1.70 bits per heavy atom. The minimum atomic E-state index is -0.787. The number of hydrogen-bond acceptors (Lipinski definition) is 3. The van der Waals surface area contributed by atoms with Crippen LogP contribution in [0.15, 0.2) is 70.8 Å². The molecule has 150 valence electrons. The summed E-state index contributed by atoms with van der Waals surface area (Å²) in [5.74, 6) is -1.44. The van der Waals surface area contributed by atoms with Gasteiger partial charge in [-0.25, -0.2) is 9.69 Å². The number of amides is 4. The zero-order chi connectivity index (χ0) is 21.4. The quantitative estimate of drug-likeness (QED) is 0.426. The number of nitrogens with zero attached hydrogens (tertiary/aromatic N) is 2. The lowest BCUT2D eigenvalue weighted by Gasteiger charge is -2.26. The number of rotatable bonds is 3. The van der Waals surface area contributed by atoms with Crippen LogP contribution < -0.4 is 10.2 Å². The maximum Gasteiger partial charge on any atom is 0.335 e. The number of carbonyl (C=O) groups is 3. The van der Waals surface area contributed by atoms with Crippen molar-refractivity contribution >= 4 is 57.1 Å². The van der Waals surface area contributed by atoms with E-state index in [0.717, 1.165) is 20.6 Å². The monoisotopic (exact) mass is 483 g/mol. The number of carbonyl (C=O) groups excluding carboxylic acids is 3. The van der Waals surface area contributed by atoms with Crippen LogP contribution in [0.3, 0.4) is 0 Å². The van der Waals surface area contributed by atoms with Crippen molar-refractivity contribution in [3.05, 3.63) is 87.1 Å². The molecular formula is C22H15BrClN3O3. The highest BCUT2D eigenvalue weighted by Crippen LogP contribution is 2.25. The molecule has 0 spiro atoms. The number of urea groups is 1. The van der Waals surface area contributed by atoms with Gasteiger partial charge >= 0.3 is 6.03 Å². The number of halogens is 2. The van der Waals surface area contributed by atoms with Crippen molar-refractivity contribution in [2.45, 2.75) is 6.92 Å². The number of nitrogens with one attached hydrogen (secondary N) is 1. The van der Waals surface area contributed by atoms with Crippen LogP contribution >= 0.6 is 27.5 Å². The normalized spacial score (nSPS) is 15.6. The third-order valence-electron chi connectivity index (χ3n) is 4.69. The van der Waals surface area contributed by atoms with E-state index in [1.54, 1.807) is 53.2 Å². The molecule has 1 aliphatic rings. The number of aromatic nitrogens is 1. The van der Waals surface area contributed by atoms with Crippen LogP contribution in [0, 0.1) is 6.92 Å². The Hall–Kier alpha value is -3.16. The van der Waals surface area contributed by atoms with Crippen LogP contribution in [-0.4, -0.2) is 22.4 Å². The minimum absolute atomic E-state index is 0.143. The smallest absolute Gasteiger partial charge is 0.317 e. The summed E-state index contributed by atoms with van der Waals surface area (Å²) in [5, 5.41) is 2.84. The maximum atomic E-state index is 13.0. The van der Waals surface area contributed by atoms with Crippen molar-refractivity contribution in [3.8, 4) is 5.69 Å². The second-order valence-corrected chi connectivity index (χ2v) is 7.99. The van der Waals surface area contributed by atoms with Gasteiger partial charge in [-0.05, 0) is 67.1 Å². The van der Waals surface area contributed by atoms with Gasteiger partial charge in [0.05, 0.1) is 5.69 Å². The van der Waals surface area contributed by atoms with Crippen molar-refractivity contribution in [2.75, 3.05) is 4.90 Å². The van der Waals surface area contributed by atoms with Crippen LogP contribution in [-0.2, 0) is 9.59 Å². The second kappa shape index (κ2) is 7.93. The Morgan fingerprint density at radius 1 is 1.00 bits per heavy atom. The van der Waals surface area contributed by atoms with Gasteiger partial charge in [-0.3, -0.25) is 14.9 Å². The molecule has 1 saturated heterocycles. The third kappa shape index (κ3) is 3.69. The van der Waals surface area contributed by atoms with E-state index in [9.17, 15) is 14.4 Å². The van der Waals surface area contributed by atoms with Crippen LogP contribution in [0.2, 0.25) is 5.02 Å². The number of aryl methyl sites for hydroxylation is 1. The molecule has 0 atom stereocenters. The summed E-state index contributed by atoms with van der Waals surface area (Å²) in [7, 11) is 0. The zero-order valence-corrected chi connectivity index (χ0v) is 18.1. The Kier molecular flexibility index (Phi) is 5.32. The van der Waals surface area contributed by atoms with Gasteiger partial charge in [0.25, 0.3) is 11.8 Å². The first kappa shape index (κ1) is 20.1. The summed E-state index contributed by atoms with van der Waals surface area (Å²) in [5.41, 5.74) is 2.54. The molecular weight excluding hydrogens is 470 g/mol. The maximum absolute atomic E-state index is 13.0. The summed E-state index contributed by atoms with van der Waals surface area (Å²) in [6.07, 6.45) is 3.26. The molecule has 3 aromatic rings. The van der Waals surface area contributed by atoms with E-state index in [2.05, 4.69) is 21.2 Å².